The molecular weight excluding hydrogens is 172 g/mol. The van der Waals surface area contributed by atoms with Crippen LogP contribution in [0.5, 0.6) is 0 Å². The number of rotatable bonds is 1. The van der Waals surface area contributed by atoms with E-state index in [0.717, 1.165) is 22.4 Å². The predicted octanol–water partition coefficient (Wildman–Crippen LogP) is 2.64. The summed E-state index contributed by atoms with van der Waals surface area (Å²) in [7, 11) is 0. The summed E-state index contributed by atoms with van der Waals surface area (Å²) < 4.78 is 0. The molecule has 70 valence electrons. The molecule has 0 radical (unpaired) electrons. The Morgan fingerprint density at radius 3 is 2.50 bits per heavy atom. The average molecular weight is 184 g/mol. The van der Waals surface area contributed by atoms with Gasteiger partial charge in [0.1, 0.15) is 0 Å². The molecule has 0 aliphatic rings. The summed E-state index contributed by atoms with van der Waals surface area (Å²) in [6.07, 6.45) is 3.53. The van der Waals surface area contributed by atoms with Gasteiger partial charge in [-0.2, -0.15) is 0 Å². The average Bonchev–Trinajstić information content (AvgIpc) is 2.23. The lowest BCUT2D eigenvalue weighted by atomic mass is 10.0. The van der Waals surface area contributed by atoms with Gasteiger partial charge in [0.25, 0.3) is 0 Å². The number of hydrogen-bond donors (Lipinski definition) is 1. The van der Waals surface area contributed by atoms with E-state index in [-0.39, 0.29) is 0 Å². The summed E-state index contributed by atoms with van der Waals surface area (Å²) in [5.74, 6) is 0. The van der Waals surface area contributed by atoms with Crippen molar-refractivity contribution in [1.82, 2.24) is 4.98 Å². The Morgan fingerprint density at radius 2 is 1.79 bits per heavy atom. The third-order valence-corrected chi connectivity index (χ3v) is 2.34. The van der Waals surface area contributed by atoms with Crippen LogP contribution in [0.1, 0.15) is 5.56 Å². The van der Waals surface area contributed by atoms with Crippen LogP contribution in [0.3, 0.4) is 0 Å². The van der Waals surface area contributed by atoms with E-state index >= 15 is 0 Å². The molecule has 0 atom stereocenters. The first kappa shape index (κ1) is 8.75. The number of nitrogen functional groups attached to an aromatic ring is 1. The van der Waals surface area contributed by atoms with Crippen LogP contribution in [0, 0.1) is 6.92 Å². The Kier molecular flexibility index (Phi) is 2.19. The van der Waals surface area contributed by atoms with Crippen molar-refractivity contribution in [2.45, 2.75) is 6.92 Å². The second kappa shape index (κ2) is 3.50. The zero-order valence-electron chi connectivity index (χ0n) is 8.07. The number of nitrogens with zero attached hydrogens (tertiary/aromatic N) is 1. The third-order valence-electron chi connectivity index (χ3n) is 2.34. The van der Waals surface area contributed by atoms with E-state index in [1.807, 2.05) is 31.3 Å². The van der Waals surface area contributed by atoms with Crippen LogP contribution in [0.4, 0.5) is 5.69 Å². The molecule has 2 nitrogen and oxygen atoms in total. The quantitative estimate of drug-likeness (QED) is 0.740. The highest BCUT2D eigenvalue weighted by atomic mass is 14.7. The van der Waals surface area contributed by atoms with Gasteiger partial charge in [-0.15, -0.1) is 0 Å². The molecule has 1 aromatic carbocycles. The van der Waals surface area contributed by atoms with E-state index < -0.39 is 0 Å². The van der Waals surface area contributed by atoms with Gasteiger partial charge >= 0.3 is 0 Å². The maximum absolute atomic E-state index is 5.80. The Bertz CT molecular complexity index is 435. The Hall–Kier alpha value is -1.83. The first-order chi connectivity index (χ1) is 6.79. The molecule has 2 aromatic rings. The highest BCUT2D eigenvalue weighted by molar-refractivity contribution is 5.71. The van der Waals surface area contributed by atoms with E-state index in [9.17, 15) is 0 Å². The smallest absolute Gasteiger partial charge is 0.0536 e. The van der Waals surface area contributed by atoms with E-state index in [2.05, 4.69) is 17.1 Å². The molecule has 0 aliphatic heterocycles. The van der Waals surface area contributed by atoms with Crippen LogP contribution in [0.15, 0.2) is 42.7 Å². The number of nitrogens with two attached hydrogens (primary N) is 1. The highest BCUT2D eigenvalue weighted by Crippen LogP contribution is 2.25. The molecule has 1 aromatic heterocycles. The van der Waals surface area contributed by atoms with Gasteiger partial charge in [0.15, 0.2) is 0 Å². The first-order valence-electron chi connectivity index (χ1n) is 4.54. The lowest BCUT2D eigenvalue weighted by molar-refractivity contribution is 1.29. The Labute approximate surface area is 83.4 Å². The van der Waals surface area contributed by atoms with Gasteiger partial charge < -0.3 is 5.73 Å². The predicted molar refractivity (Wildman–Crippen MR) is 58.8 cm³/mol. The van der Waals surface area contributed by atoms with Crippen molar-refractivity contribution in [3.63, 3.8) is 0 Å². The second-order valence-corrected chi connectivity index (χ2v) is 3.27. The maximum Gasteiger partial charge on any atom is 0.0536 e. The van der Waals surface area contributed by atoms with E-state index in [1.165, 1.54) is 0 Å². The summed E-state index contributed by atoms with van der Waals surface area (Å²) in [6, 6.07) is 10.1. The molecule has 2 rings (SSSR count). The van der Waals surface area contributed by atoms with Gasteiger partial charge in [-0.3, -0.25) is 4.98 Å². The lowest BCUT2D eigenvalue weighted by Crippen LogP contribution is -1.93. The molecule has 1 heterocycles. The summed E-state index contributed by atoms with van der Waals surface area (Å²) in [6.45, 7) is 2.01. The fourth-order valence-corrected chi connectivity index (χ4v) is 1.45. The van der Waals surface area contributed by atoms with E-state index in [1.54, 1.807) is 6.20 Å². The topological polar surface area (TPSA) is 38.9 Å². The molecule has 0 bridgehead atoms. The number of pyridine rings is 1. The summed E-state index contributed by atoms with van der Waals surface area (Å²) in [4.78, 5) is 4.10. The molecule has 0 spiro atoms. The summed E-state index contributed by atoms with van der Waals surface area (Å²) in [5.41, 5.74) is 9.89. The SMILES string of the molecule is Cc1c(N)cncc1-c1ccccc1. The second-order valence-electron chi connectivity index (χ2n) is 3.27. The van der Waals surface area contributed by atoms with Crippen molar-refractivity contribution in [3.05, 3.63) is 48.3 Å². The van der Waals surface area contributed by atoms with Crippen molar-refractivity contribution in [1.29, 1.82) is 0 Å². The standard InChI is InChI=1S/C12H12N2/c1-9-11(7-14-8-12(9)13)10-5-3-2-4-6-10/h2-8H,13H2,1H3. The number of benzene rings is 1. The van der Waals surface area contributed by atoms with Gasteiger partial charge in [-0.05, 0) is 18.1 Å². The minimum absolute atomic E-state index is 0.742. The number of hydrogen-bond acceptors (Lipinski definition) is 2. The van der Waals surface area contributed by atoms with Crippen LogP contribution in [0.2, 0.25) is 0 Å². The normalized spacial score (nSPS) is 10.1. The molecule has 2 heteroatoms. The van der Waals surface area contributed by atoms with Gasteiger partial charge in [-0.25, -0.2) is 0 Å². The monoisotopic (exact) mass is 184 g/mol. The molecule has 2 N–H and O–H groups in total. The van der Waals surface area contributed by atoms with Gasteiger partial charge in [-0.1, -0.05) is 30.3 Å². The van der Waals surface area contributed by atoms with E-state index in [0.29, 0.717) is 0 Å². The third kappa shape index (κ3) is 1.46. The molecule has 0 unspecified atom stereocenters. The fourth-order valence-electron chi connectivity index (χ4n) is 1.45. The van der Waals surface area contributed by atoms with Crippen LogP contribution in [-0.2, 0) is 0 Å². The highest BCUT2D eigenvalue weighted by Gasteiger charge is 2.03. The first-order valence-corrected chi connectivity index (χ1v) is 4.54. The molecule has 0 aliphatic carbocycles. The summed E-state index contributed by atoms with van der Waals surface area (Å²) >= 11 is 0. The number of anilines is 1. The molecule has 0 saturated carbocycles. The van der Waals surface area contributed by atoms with E-state index in [4.69, 9.17) is 5.73 Å². The van der Waals surface area contributed by atoms with Crippen molar-refractivity contribution >= 4 is 5.69 Å². The summed E-state index contributed by atoms with van der Waals surface area (Å²) in [5, 5.41) is 0. The van der Waals surface area contributed by atoms with Crippen LogP contribution < -0.4 is 5.73 Å². The van der Waals surface area contributed by atoms with Crippen molar-refractivity contribution in [2.24, 2.45) is 0 Å². The van der Waals surface area contributed by atoms with Crippen molar-refractivity contribution in [3.8, 4) is 11.1 Å². The van der Waals surface area contributed by atoms with Crippen LogP contribution in [0.25, 0.3) is 11.1 Å². The molecule has 0 amide bonds. The molecule has 14 heavy (non-hydrogen) atoms. The van der Waals surface area contributed by atoms with Crippen molar-refractivity contribution in [2.75, 3.05) is 5.73 Å². The Balaban J connectivity index is 2.58. The van der Waals surface area contributed by atoms with Gasteiger partial charge in [0, 0.05) is 11.8 Å². The largest absolute Gasteiger partial charge is 0.397 e. The van der Waals surface area contributed by atoms with Crippen LogP contribution >= 0.6 is 0 Å². The molecule has 0 saturated heterocycles. The lowest BCUT2D eigenvalue weighted by Gasteiger charge is -2.06. The van der Waals surface area contributed by atoms with Crippen molar-refractivity contribution < 1.29 is 0 Å². The Morgan fingerprint density at radius 1 is 1.07 bits per heavy atom. The van der Waals surface area contributed by atoms with Crippen LogP contribution in [-0.4, -0.2) is 4.98 Å². The number of aromatic nitrogens is 1. The molecule has 0 fully saturated rings. The maximum atomic E-state index is 5.80. The minimum Gasteiger partial charge on any atom is -0.397 e. The fraction of sp³-hybridized carbons (Fsp3) is 0.0833. The molecular formula is C12H12N2. The van der Waals surface area contributed by atoms with Gasteiger partial charge in [0.05, 0.1) is 11.9 Å². The van der Waals surface area contributed by atoms with Gasteiger partial charge in [0.2, 0.25) is 0 Å². The zero-order valence-corrected chi connectivity index (χ0v) is 8.07. The zero-order chi connectivity index (χ0) is 9.97. The minimum atomic E-state index is 0.742.